The second kappa shape index (κ2) is 6.19. The molecule has 0 aliphatic carbocycles. The number of hydrogen-bond acceptors (Lipinski definition) is 4. The average Bonchev–Trinajstić information content (AvgIpc) is 3.33. The molecule has 0 N–H and O–H groups in total. The van der Waals surface area contributed by atoms with Gasteiger partial charge in [0.2, 0.25) is 5.91 Å². The molecular weight excluding hydrogens is 338 g/mol. The summed E-state index contributed by atoms with van der Waals surface area (Å²) < 4.78 is 6.35. The molecule has 3 aliphatic heterocycles. The van der Waals surface area contributed by atoms with Gasteiger partial charge in [-0.1, -0.05) is 42.5 Å². The summed E-state index contributed by atoms with van der Waals surface area (Å²) >= 11 is 0. The second-order valence-electron chi connectivity index (χ2n) is 7.60. The molecule has 27 heavy (non-hydrogen) atoms. The van der Waals surface area contributed by atoms with Gasteiger partial charge < -0.3 is 9.64 Å². The van der Waals surface area contributed by atoms with Gasteiger partial charge in [0.25, 0.3) is 0 Å². The molecule has 5 rings (SSSR count). The highest BCUT2D eigenvalue weighted by molar-refractivity contribution is 5.82. The van der Waals surface area contributed by atoms with Gasteiger partial charge in [0, 0.05) is 25.9 Å². The molecule has 136 valence electrons. The Balaban J connectivity index is 1.41. The van der Waals surface area contributed by atoms with Gasteiger partial charge in [0.15, 0.2) is 5.72 Å². The SMILES string of the molecule is N#Cc1cccc(CN2CC[C@@]34OC[C@@H](c5ccccc5)N3C(=O)C[C@@H]24)c1. The van der Waals surface area contributed by atoms with Crippen molar-refractivity contribution < 1.29 is 9.53 Å². The highest BCUT2D eigenvalue weighted by atomic mass is 16.5. The Morgan fingerprint density at radius 3 is 2.85 bits per heavy atom. The first-order valence-corrected chi connectivity index (χ1v) is 9.45. The Bertz CT molecular complexity index is 923. The lowest BCUT2D eigenvalue weighted by atomic mass is 10.0. The number of hydrogen-bond donors (Lipinski definition) is 0. The number of likely N-dealkylation sites (tertiary alicyclic amines) is 1. The van der Waals surface area contributed by atoms with E-state index in [1.807, 2.05) is 47.4 Å². The molecule has 2 aromatic rings. The third-order valence-electron chi connectivity index (χ3n) is 6.19. The molecule has 3 atom stereocenters. The van der Waals surface area contributed by atoms with E-state index >= 15 is 0 Å². The van der Waals surface area contributed by atoms with E-state index in [2.05, 4.69) is 23.1 Å². The van der Waals surface area contributed by atoms with Crippen LogP contribution in [0.25, 0.3) is 0 Å². The van der Waals surface area contributed by atoms with Crippen LogP contribution in [-0.4, -0.2) is 40.6 Å². The number of ether oxygens (including phenoxy) is 1. The molecule has 0 saturated carbocycles. The van der Waals surface area contributed by atoms with Crippen LogP contribution in [0.1, 0.15) is 35.6 Å². The van der Waals surface area contributed by atoms with Crippen LogP contribution in [0.3, 0.4) is 0 Å². The van der Waals surface area contributed by atoms with Gasteiger partial charge in [0.1, 0.15) is 0 Å². The Morgan fingerprint density at radius 2 is 2.04 bits per heavy atom. The lowest BCUT2D eigenvalue weighted by Crippen LogP contribution is -2.48. The first kappa shape index (κ1) is 16.5. The third kappa shape index (κ3) is 2.48. The fraction of sp³-hybridized carbons (Fsp3) is 0.364. The normalized spacial score (nSPS) is 29.6. The molecule has 0 unspecified atom stereocenters. The smallest absolute Gasteiger partial charge is 0.227 e. The minimum Gasteiger partial charge on any atom is -0.351 e. The number of carbonyl (C=O) groups is 1. The molecule has 1 spiro atoms. The molecule has 3 heterocycles. The predicted octanol–water partition coefficient (Wildman–Crippen LogP) is 2.83. The molecule has 1 amide bonds. The van der Waals surface area contributed by atoms with Gasteiger partial charge >= 0.3 is 0 Å². The lowest BCUT2D eigenvalue weighted by Gasteiger charge is -2.33. The second-order valence-corrected chi connectivity index (χ2v) is 7.60. The van der Waals surface area contributed by atoms with Gasteiger partial charge in [-0.3, -0.25) is 9.69 Å². The Kier molecular flexibility index (Phi) is 3.78. The Labute approximate surface area is 158 Å². The number of amides is 1. The number of nitriles is 1. The topological polar surface area (TPSA) is 56.6 Å². The largest absolute Gasteiger partial charge is 0.351 e. The fourth-order valence-corrected chi connectivity index (χ4v) is 5.01. The highest BCUT2D eigenvalue weighted by Gasteiger charge is 2.64. The summed E-state index contributed by atoms with van der Waals surface area (Å²) in [6.07, 6.45) is 1.34. The molecule has 0 aromatic heterocycles. The van der Waals surface area contributed by atoms with E-state index in [0.29, 0.717) is 18.6 Å². The summed E-state index contributed by atoms with van der Waals surface area (Å²) in [4.78, 5) is 17.3. The molecule has 3 fully saturated rings. The number of carbonyl (C=O) groups excluding carboxylic acids is 1. The molecule has 3 aliphatic rings. The molecule has 2 aromatic carbocycles. The summed E-state index contributed by atoms with van der Waals surface area (Å²) in [5, 5.41) is 9.13. The van der Waals surface area contributed by atoms with Gasteiger partial charge in [-0.05, 0) is 23.3 Å². The van der Waals surface area contributed by atoms with Crippen LogP contribution in [0, 0.1) is 11.3 Å². The quantitative estimate of drug-likeness (QED) is 0.846. The van der Waals surface area contributed by atoms with Crippen LogP contribution in [-0.2, 0) is 16.1 Å². The van der Waals surface area contributed by atoms with Gasteiger partial charge in [-0.2, -0.15) is 5.26 Å². The summed E-state index contributed by atoms with van der Waals surface area (Å²) in [6, 6.07) is 20.2. The highest BCUT2D eigenvalue weighted by Crippen LogP contribution is 2.51. The van der Waals surface area contributed by atoms with Crippen molar-refractivity contribution in [1.29, 1.82) is 5.26 Å². The summed E-state index contributed by atoms with van der Waals surface area (Å²) in [6.45, 7) is 2.19. The van der Waals surface area contributed by atoms with Crippen molar-refractivity contribution >= 4 is 5.91 Å². The maximum Gasteiger partial charge on any atom is 0.227 e. The van der Waals surface area contributed by atoms with Gasteiger partial charge in [-0.25, -0.2) is 0 Å². The summed E-state index contributed by atoms with van der Waals surface area (Å²) in [5.74, 6) is 0.182. The van der Waals surface area contributed by atoms with Crippen LogP contribution >= 0.6 is 0 Å². The fourth-order valence-electron chi connectivity index (χ4n) is 5.01. The van der Waals surface area contributed by atoms with Gasteiger partial charge in [0.05, 0.1) is 30.3 Å². The van der Waals surface area contributed by atoms with Crippen LogP contribution in [0.4, 0.5) is 0 Å². The summed E-state index contributed by atoms with van der Waals surface area (Å²) in [5.41, 5.74) is 2.43. The van der Waals surface area contributed by atoms with Crippen LogP contribution in [0.15, 0.2) is 54.6 Å². The minimum atomic E-state index is -0.496. The van der Waals surface area contributed by atoms with E-state index in [0.717, 1.165) is 30.6 Å². The van der Waals surface area contributed by atoms with Crippen molar-refractivity contribution in [2.24, 2.45) is 0 Å². The molecule has 0 radical (unpaired) electrons. The van der Waals surface area contributed by atoms with Crippen molar-refractivity contribution in [2.75, 3.05) is 13.2 Å². The molecule has 5 heteroatoms. The van der Waals surface area contributed by atoms with Crippen LogP contribution in [0.2, 0.25) is 0 Å². The van der Waals surface area contributed by atoms with Gasteiger partial charge in [-0.15, -0.1) is 0 Å². The number of benzene rings is 2. The monoisotopic (exact) mass is 359 g/mol. The number of nitrogens with zero attached hydrogens (tertiary/aromatic N) is 3. The van der Waals surface area contributed by atoms with Crippen molar-refractivity contribution in [3.8, 4) is 6.07 Å². The number of rotatable bonds is 3. The third-order valence-corrected chi connectivity index (χ3v) is 6.19. The van der Waals surface area contributed by atoms with Crippen LogP contribution < -0.4 is 0 Å². The Hall–Kier alpha value is -2.68. The first-order valence-electron chi connectivity index (χ1n) is 9.45. The Morgan fingerprint density at radius 1 is 1.19 bits per heavy atom. The zero-order valence-corrected chi connectivity index (χ0v) is 15.0. The maximum absolute atomic E-state index is 12.9. The van der Waals surface area contributed by atoms with Crippen molar-refractivity contribution in [3.05, 3.63) is 71.3 Å². The van der Waals surface area contributed by atoms with Crippen LogP contribution in [0.5, 0.6) is 0 Å². The lowest BCUT2D eigenvalue weighted by molar-refractivity contribution is -0.138. The van der Waals surface area contributed by atoms with E-state index in [9.17, 15) is 4.79 Å². The van der Waals surface area contributed by atoms with E-state index < -0.39 is 5.72 Å². The van der Waals surface area contributed by atoms with Crippen molar-refractivity contribution in [1.82, 2.24) is 9.80 Å². The van der Waals surface area contributed by atoms with Crippen molar-refractivity contribution in [3.63, 3.8) is 0 Å². The molecule has 3 saturated heterocycles. The van der Waals surface area contributed by atoms with Crippen molar-refractivity contribution in [2.45, 2.75) is 37.2 Å². The molecule has 5 nitrogen and oxygen atoms in total. The van der Waals surface area contributed by atoms with E-state index in [4.69, 9.17) is 10.00 Å². The van der Waals surface area contributed by atoms with E-state index in [1.165, 1.54) is 0 Å². The standard InChI is InChI=1S/C22H21N3O2/c23-13-16-5-4-6-17(11-16)14-24-10-9-22-20(24)12-21(26)25(22)19(15-27-22)18-7-2-1-3-8-18/h1-8,11,19-20H,9-10,12,14-15H2/t19-,20+,22-/m0/s1. The first-order chi connectivity index (χ1) is 13.2. The zero-order valence-electron chi connectivity index (χ0n) is 15.0. The average molecular weight is 359 g/mol. The summed E-state index contributed by atoms with van der Waals surface area (Å²) in [7, 11) is 0. The van der Waals surface area contributed by atoms with E-state index in [-0.39, 0.29) is 18.0 Å². The molecule has 0 bridgehead atoms. The minimum absolute atomic E-state index is 0.00515. The van der Waals surface area contributed by atoms with E-state index in [1.54, 1.807) is 0 Å². The molecular formula is C22H21N3O2. The maximum atomic E-state index is 12.9. The predicted molar refractivity (Wildman–Crippen MR) is 99.3 cm³/mol. The zero-order chi connectivity index (χ0) is 18.4.